The van der Waals surface area contributed by atoms with Crippen molar-refractivity contribution < 1.29 is 9.23 Å². The molecule has 0 spiro atoms. The maximum Gasteiger partial charge on any atom is 0.145 e. The fourth-order valence-corrected chi connectivity index (χ4v) is 1.96. The van der Waals surface area contributed by atoms with Crippen LogP contribution in [0.1, 0.15) is 31.2 Å². The minimum Gasteiger partial charge on any atom is -0.391 e. The van der Waals surface area contributed by atoms with Crippen molar-refractivity contribution in [2.24, 2.45) is 11.1 Å². The Hall–Kier alpha value is -1.38. The molecule has 0 aliphatic heterocycles. The molecule has 0 unspecified atom stereocenters. The number of rotatable bonds is 4. The van der Waals surface area contributed by atoms with Crippen LogP contribution in [0.15, 0.2) is 29.4 Å². The number of halogens is 1. The van der Waals surface area contributed by atoms with E-state index in [0.29, 0.717) is 11.5 Å². The molecule has 2 nitrogen and oxygen atoms in total. The lowest BCUT2D eigenvalue weighted by atomic mass is 10.1. The van der Waals surface area contributed by atoms with Crippen molar-refractivity contribution in [3.63, 3.8) is 0 Å². The van der Waals surface area contributed by atoms with Gasteiger partial charge >= 0.3 is 0 Å². The lowest BCUT2D eigenvalue weighted by Gasteiger charge is -2.02. The predicted molar refractivity (Wildman–Crippen MR) is 61.6 cm³/mol. The van der Waals surface area contributed by atoms with Gasteiger partial charge in [-0.15, -0.1) is 0 Å². The van der Waals surface area contributed by atoms with Crippen LogP contribution in [-0.4, -0.2) is 6.21 Å². The Morgan fingerprint density at radius 3 is 2.81 bits per heavy atom. The summed E-state index contributed by atoms with van der Waals surface area (Å²) in [5.74, 6) is 0.319. The monoisotopic (exact) mass is 221 g/mol. The van der Waals surface area contributed by atoms with Crippen molar-refractivity contribution in [2.75, 3.05) is 0 Å². The first-order valence-electron chi connectivity index (χ1n) is 5.75. The molecule has 1 saturated carbocycles. The fraction of sp³-hybridized carbons (Fsp3) is 0.462. The van der Waals surface area contributed by atoms with Crippen LogP contribution >= 0.6 is 0 Å². The number of oxime groups is 1. The van der Waals surface area contributed by atoms with Crippen LogP contribution < -0.4 is 0 Å². The summed E-state index contributed by atoms with van der Waals surface area (Å²) in [6.45, 7) is 0.204. The zero-order valence-corrected chi connectivity index (χ0v) is 9.23. The number of hydrogen-bond donors (Lipinski definition) is 0. The zero-order chi connectivity index (χ0) is 11.2. The average molecular weight is 221 g/mol. The Balaban J connectivity index is 1.77. The van der Waals surface area contributed by atoms with Gasteiger partial charge in [-0.05, 0) is 24.8 Å². The molecule has 1 aliphatic carbocycles. The van der Waals surface area contributed by atoms with Crippen molar-refractivity contribution >= 4 is 6.21 Å². The third-order valence-electron chi connectivity index (χ3n) is 2.92. The lowest BCUT2D eigenvalue weighted by Crippen LogP contribution is -1.96. The van der Waals surface area contributed by atoms with Gasteiger partial charge in [-0.1, -0.05) is 36.2 Å². The van der Waals surface area contributed by atoms with Crippen LogP contribution in [-0.2, 0) is 11.4 Å². The minimum absolute atomic E-state index is 0.204. The van der Waals surface area contributed by atoms with Crippen LogP contribution in [0, 0.1) is 11.7 Å². The molecule has 16 heavy (non-hydrogen) atoms. The number of hydrogen-bond acceptors (Lipinski definition) is 2. The maximum atomic E-state index is 13.2. The molecular formula is C13H16FNO. The number of benzene rings is 1. The topological polar surface area (TPSA) is 21.6 Å². The summed E-state index contributed by atoms with van der Waals surface area (Å²) in [7, 11) is 0. The Kier molecular flexibility index (Phi) is 3.91. The van der Waals surface area contributed by atoms with Gasteiger partial charge in [0.2, 0.25) is 0 Å². The van der Waals surface area contributed by atoms with E-state index in [1.165, 1.54) is 31.7 Å². The molecule has 0 heterocycles. The van der Waals surface area contributed by atoms with Gasteiger partial charge in [-0.3, -0.25) is 0 Å². The van der Waals surface area contributed by atoms with Gasteiger partial charge in [-0.2, -0.15) is 0 Å². The van der Waals surface area contributed by atoms with Crippen molar-refractivity contribution in [1.82, 2.24) is 0 Å². The minimum atomic E-state index is -0.237. The van der Waals surface area contributed by atoms with E-state index in [9.17, 15) is 4.39 Å². The van der Waals surface area contributed by atoms with Crippen molar-refractivity contribution in [1.29, 1.82) is 0 Å². The van der Waals surface area contributed by atoms with E-state index < -0.39 is 0 Å². The van der Waals surface area contributed by atoms with Crippen molar-refractivity contribution in [2.45, 2.75) is 32.3 Å². The Labute approximate surface area is 95.1 Å². The average Bonchev–Trinajstić information content (AvgIpc) is 2.79. The van der Waals surface area contributed by atoms with E-state index in [0.717, 1.165) is 0 Å². The van der Waals surface area contributed by atoms with E-state index >= 15 is 0 Å². The third-order valence-corrected chi connectivity index (χ3v) is 2.92. The van der Waals surface area contributed by atoms with E-state index in [-0.39, 0.29) is 12.4 Å². The first kappa shape index (κ1) is 11.1. The van der Waals surface area contributed by atoms with Crippen molar-refractivity contribution in [3.05, 3.63) is 35.6 Å². The van der Waals surface area contributed by atoms with Gasteiger partial charge < -0.3 is 4.84 Å². The molecule has 86 valence electrons. The summed E-state index contributed by atoms with van der Waals surface area (Å²) >= 11 is 0. The molecule has 0 radical (unpaired) electrons. The van der Waals surface area contributed by atoms with Gasteiger partial charge in [0, 0.05) is 11.8 Å². The quantitative estimate of drug-likeness (QED) is 0.563. The second-order valence-electron chi connectivity index (χ2n) is 4.16. The molecule has 0 bridgehead atoms. The van der Waals surface area contributed by atoms with Gasteiger partial charge in [0.1, 0.15) is 12.4 Å². The van der Waals surface area contributed by atoms with Gasteiger partial charge in [0.15, 0.2) is 0 Å². The lowest BCUT2D eigenvalue weighted by molar-refractivity contribution is 0.128. The highest BCUT2D eigenvalue weighted by Gasteiger charge is 2.12. The molecule has 1 fully saturated rings. The van der Waals surface area contributed by atoms with E-state index in [1.54, 1.807) is 18.2 Å². The van der Waals surface area contributed by atoms with Gasteiger partial charge in [0.05, 0.1) is 0 Å². The van der Waals surface area contributed by atoms with E-state index in [2.05, 4.69) is 5.16 Å². The number of nitrogens with zero attached hydrogens (tertiary/aromatic N) is 1. The fourth-order valence-electron chi connectivity index (χ4n) is 1.96. The molecular weight excluding hydrogens is 205 g/mol. The Bertz CT molecular complexity index is 359. The van der Waals surface area contributed by atoms with Gasteiger partial charge in [-0.25, -0.2) is 4.39 Å². The molecule has 0 saturated heterocycles. The Morgan fingerprint density at radius 2 is 2.06 bits per heavy atom. The first-order chi connectivity index (χ1) is 7.86. The first-order valence-corrected chi connectivity index (χ1v) is 5.75. The SMILES string of the molecule is Fc1ccccc1CON=CC1CCCC1. The standard InChI is InChI=1S/C13H16FNO/c14-13-8-4-3-7-12(13)10-16-15-9-11-5-1-2-6-11/h3-4,7-9,11H,1-2,5-6,10H2. The third kappa shape index (κ3) is 3.05. The summed E-state index contributed by atoms with van der Waals surface area (Å²) in [5.41, 5.74) is 0.547. The highest BCUT2D eigenvalue weighted by Crippen LogP contribution is 2.22. The molecule has 0 amide bonds. The van der Waals surface area contributed by atoms with Gasteiger partial charge in [0.25, 0.3) is 0 Å². The van der Waals surface area contributed by atoms with Crippen LogP contribution in [0.25, 0.3) is 0 Å². The predicted octanol–water partition coefficient (Wildman–Crippen LogP) is 3.52. The second-order valence-corrected chi connectivity index (χ2v) is 4.16. The molecule has 0 atom stereocenters. The zero-order valence-electron chi connectivity index (χ0n) is 9.23. The van der Waals surface area contributed by atoms with Crippen LogP contribution in [0.2, 0.25) is 0 Å². The summed E-state index contributed by atoms with van der Waals surface area (Å²) in [6, 6.07) is 6.60. The summed E-state index contributed by atoms with van der Waals surface area (Å²) in [6.07, 6.45) is 6.82. The highest BCUT2D eigenvalue weighted by atomic mass is 19.1. The van der Waals surface area contributed by atoms with E-state index in [4.69, 9.17) is 4.84 Å². The smallest absolute Gasteiger partial charge is 0.145 e. The molecule has 1 aliphatic rings. The Morgan fingerprint density at radius 1 is 1.31 bits per heavy atom. The summed E-state index contributed by atoms with van der Waals surface area (Å²) < 4.78 is 13.2. The van der Waals surface area contributed by atoms with Crippen LogP contribution in [0.4, 0.5) is 4.39 Å². The molecule has 3 heteroatoms. The van der Waals surface area contributed by atoms with E-state index in [1.807, 2.05) is 6.21 Å². The second kappa shape index (κ2) is 5.64. The maximum absolute atomic E-state index is 13.2. The molecule has 0 N–H and O–H groups in total. The largest absolute Gasteiger partial charge is 0.391 e. The molecule has 1 aromatic rings. The summed E-state index contributed by atoms with van der Waals surface area (Å²) in [5, 5.41) is 3.90. The summed E-state index contributed by atoms with van der Waals surface area (Å²) in [4.78, 5) is 5.09. The molecule has 0 aromatic heterocycles. The van der Waals surface area contributed by atoms with Crippen LogP contribution in [0.3, 0.4) is 0 Å². The van der Waals surface area contributed by atoms with Crippen molar-refractivity contribution in [3.8, 4) is 0 Å². The van der Waals surface area contributed by atoms with Crippen LogP contribution in [0.5, 0.6) is 0 Å². The highest BCUT2D eigenvalue weighted by molar-refractivity contribution is 5.60. The molecule has 2 rings (SSSR count). The molecule has 1 aromatic carbocycles. The normalized spacial score (nSPS) is 17.1.